The van der Waals surface area contributed by atoms with Gasteiger partial charge in [-0.05, 0) is 78.5 Å². The van der Waals surface area contributed by atoms with Gasteiger partial charge in [-0.15, -0.1) is 12.8 Å². The molecular weight excluding hydrogens is 555 g/mol. The Labute approximate surface area is 268 Å². The summed E-state index contributed by atoms with van der Waals surface area (Å²) in [4.78, 5) is 4.41. The molecule has 0 aliphatic carbocycles. The van der Waals surface area contributed by atoms with Crippen LogP contribution < -0.4 is 16.4 Å². The Balaban J connectivity index is 0.00000345. The summed E-state index contributed by atoms with van der Waals surface area (Å²) < 4.78 is 13.9. The predicted molar refractivity (Wildman–Crippen MR) is 192 cm³/mol. The first-order valence-electron chi connectivity index (χ1n) is 14.4. The number of terminal acetylenes is 1. The molecule has 4 nitrogen and oxygen atoms in total. The lowest BCUT2D eigenvalue weighted by atomic mass is 9.96. The van der Waals surface area contributed by atoms with E-state index in [0.717, 1.165) is 56.2 Å². The van der Waals surface area contributed by atoms with E-state index < -0.39 is 0 Å². The van der Waals surface area contributed by atoms with E-state index in [9.17, 15) is 4.39 Å². The molecule has 1 heterocycles. The summed E-state index contributed by atoms with van der Waals surface area (Å²) in [7, 11) is 0. The Morgan fingerprint density at radius 3 is 2.31 bits per heavy atom. The molecule has 0 atom stereocenters. The van der Waals surface area contributed by atoms with Crippen LogP contribution in [0.15, 0.2) is 158 Å². The minimum Gasteiger partial charge on any atom is -0.399 e. The lowest BCUT2D eigenvalue weighted by Crippen LogP contribution is -2.14. The number of halogens is 1. The molecule has 4 N–H and O–H groups in total. The van der Waals surface area contributed by atoms with Crippen molar-refractivity contribution in [3.8, 4) is 12.8 Å². The van der Waals surface area contributed by atoms with Crippen molar-refractivity contribution in [2.45, 2.75) is 33.6 Å². The maximum absolute atomic E-state index is 13.9. The maximum atomic E-state index is 13.9. The maximum Gasteiger partial charge on any atom is 0.123 e. The second kappa shape index (κ2) is 18.1. The Kier molecular flexibility index (Phi) is 14.4. The van der Waals surface area contributed by atoms with Gasteiger partial charge in [0.2, 0.25) is 0 Å². The molecule has 0 spiro atoms. The number of allylic oxidation sites excluding steroid dienone is 11. The standard InChI is InChI=1S/C38H41FN4.C2H2/c1-8-14-37(32-17-13-18-35(39)22-32)29(6)30(7)42-28(5)21-33(38(40)9-2)19-26(3)34-23-36(25-41-24-34)43-27(4)20-31-15-11-10-12-16-31;1-2/h8-19,22-25,42-43H,1,3-5,20-21,40H2,2,6-7H3;1-2H/b30-29+,33-19-,37-14+,38-9+;. The fourth-order valence-corrected chi connectivity index (χ4v) is 4.54. The van der Waals surface area contributed by atoms with Gasteiger partial charge in [-0.2, -0.15) is 0 Å². The molecule has 3 aromatic rings. The first kappa shape index (κ1) is 35.6. The molecule has 230 valence electrons. The molecule has 0 unspecified atom stereocenters. The number of anilines is 1. The van der Waals surface area contributed by atoms with E-state index in [-0.39, 0.29) is 5.82 Å². The Hall–Kier alpha value is -5.60. The van der Waals surface area contributed by atoms with Crippen molar-refractivity contribution in [1.29, 1.82) is 0 Å². The zero-order chi connectivity index (χ0) is 33.4. The summed E-state index contributed by atoms with van der Waals surface area (Å²) in [5, 5.41) is 6.76. The first-order chi connectivity index (χ1) is 21.6. The number of nitrogens with two attached hydrogens (primary N) is 1. The largest absolute Gasteiger partial charge is 0.399 e. The summed E-state index contributed by atoms with van der Waals surface area (Å²) in [6.45, 7) is 22.4. The number of aromatic nitrogens is 1. The van der Waals surface area contributed by atoms with E-state index in [1.807, 2.05) is 69.3 Å². The molecule has 3 rings (SSSR count). The summed E-state index contributed by atoms with van der Waals surface area (Å²) in [5.74, 6) is -0.291. The monoisotopic (exact) mass is 598 g/mol. The minimum absolute atomic E-state index is 0.291. The van der Waals surface area contributed by atoms with E-state index in [1.54, 1.807) is 24.5 Å². The van der Waals surface area contributed by atoms with E-state index in [4.69, 9.17) is 5.73 Å². The van der Waals surface area contributed by atoms with Crippen molar-refractivity contribution in [1.82, 2.24) is 10.3 Å². The summed E-state index contributed by atoms with van der Waals surface area (Å²) >= 11 is 0. The number of rotatable bonds is 14. The third-order valence-corrected chi connectivity index (χ3v) is 6.88. The molecule has 0 radical (unpaired) electrons. The van der Waals surface area contributed by atoms with Crippen LogP contribution in [0.2, 0.25) is 0 Å². The molecule has 45 heavy (non-hydrogen) atoms. The van der Waals surface area contributed by atoms with Gasteiger partial charge >= 0.3 is 0 Å². The average molecular weight is 599 g/mol. The summed E-state index contributed by atoms with van der Waals surface area (Å²) in [6, 6.07) is 18.7. The highest BCUT2D eigenvalue weighted by atomic mass is 19.1. The number of nitrogens with one attached hydrogen (secondary N) is 2. The van der Waals surface area contributed by atoms with Gasteiger partial charge in [-0.1, -0.05) is 87.0 Å². The second-order valence-corrected chi connectivity index (χ2v) is 10.3. The lowest BCUT2D eigenvalue weighted by Gasteiger charge is -2.18. The van der Waals surface area contributed by atoms with Crippen LogP contribution in [0.3, 0.4) is 0 Å². The number of hydrogen-bond donors (Lipinski definition) is 3. The van der Waals surface area contributed by atoms with Crippen molar-refractivity contribution in [3.63, 3.8) is 0 Å². The highest BCUT2D eigenvalue weighted by Crippen LogP contribution is 2.27. The molecule has 0 aliphatic heterocycles. The highest BCUT2D eigenvalue weighted by Gasteiger charge is 2.11. The van der Waals surface area contributed by atoms with E-state index in [0.29, 0.717) is 18.5 Å². The normalized spacial score (nSPS) is 12.2. The number of nitrogens with zero attached hydrogens (tertiary/aromatic N) is 1. The molecule has 0 aliphatic rings. The minimum atomic E-state index is -0.291. The molecule has 2 aromatic carbocycles. The van der Waals surface area contributed by atoms with Gasteiger partial charge in [0, 0.05) is 47.4 Å². The Morgan fingerprint density at radius 1 is 0.956 bits per heavy atom. The zero-order valence-electron chi connectivity index (χ0n) is 26.5. The van der Waals surface area contributed by atoms with Crippen molar-refractivity contribution < 1.29 is 4.39 Å². The van der Waals surface area contributed by atoms with Crippen molar-refractivity contribution in [2.24, 2.45) is 5.73 Å². The van der Waals surface area contributed by atoms with Gasteiger partial charge in [0.15, 0.2) is 0 Å². The van der Waals surface area contributed by atoms with Crippen LogP contribution in [-0.2, 0) is 6.42 Å². The van der Waals surface area contributed by atoms with E-state index >= 15 is 0 Å². The molecule has 1 aromatic heterocycles. The van der Waals surface area contributed by atoms with E-state index in [2.05, 4.69) is 66.9 Å². The van der Waals surface area contributed by atoms with Gasteiger partial charge in [-0.25, -0.2) is 4.39 Å². The van der Waals surface area contributed by atoms with Gasteiger partial charge in [-0.3, -0.25) is 4.98 Å². The SMILES string of the molecule is C#C.C=C/C=C(\C(C)=C(/C)NC(=C)CC(=C/C(=C)c1cncc(NC(=C)Cc2ccccc2)c1)/C(N)=C\C)c1cccc(F)c1. The molecular formula is C40H43FN4. The lowest BCUT2D eigenvalue weighted by molar-refractivity contribution is 0.627. The average Bonchev–Trinajstić information content (AvgIpc) is 3.04. The Morgan fingerprint density at radius 2 is 1.67 bits per heavy atom. The van der Waals surface area contributed by atoms with Gasteiger partial charge in [0.05, 0.1) is 11.9 Å². The quantitative estimate of drug-likeness (QED) is 0.128. The molecule has 0 fully saturated rings. The molecule has 0 amide bonds. The van der Waals surface area contributed by atoms with Crippen LogP contribution in [0.4, 0.5) is 10.1 Å². The van der Waals surface area contributed by atoms with Crippen LogP contribution in [0.5, 0.6) is 0 Å². The molecule has 0 bridgehead atoms. The van der Waals surface area contributed by atoms with Crippen molar-refractivity contribution >= 4 is 16.8 Å². The van der Waals surface area contributed by atoms with Crippen LogP contribution in [0, 0.1) is 18.7 Å². The second-order valence-electron chi connectivity index (χ2n) is 10.3. The molecule has 5 heteroatoms. The highest BCUT2D eigenvalue weighted by molar-refractivity contribution is 5.80. The van der Waals surface area contributed by atoms with Gasteiger partial charge in [0.25, 0.3) is 0 Å². The summed E-state index contributed by atoms with van der Waals surface area (Å²) in [6.07, 6.45) is 20.1. The van der Waals surface area contributed by atoms with E-state index in [1.165, 1.54) is 17.7 Å². The van der Waals surface area contributed by atoms with Crippen molar-refractivity contribution in [3.05, 3.63) is 180 Å². The van der Waals surface area contributed by atoms with Crippen molar-refractivity contribution in [2.75, 3.05) is 5.32 Å². The van der Waals surface area contributed by atoms with Gasteiger partial charge < -0.3 is 16.4 Å². The molecule has 0 saturated heterocycles. The fraction of sp³-hybridized carbons (Fsp3) is 0.125. The summed E-state index contributed by atoms with van der Waals surface area (Å²) in [5.41, 5.74) is 16.6. The Bertz CT molecular complexity index is 1670. The van der Waals surface area contributed by atoms with Crippen LogP contribution in [-0.4, -0.2) is 4.98 Å². The van der Waals surface area contributed by atoms with Gasteiger partial charge in [0.1, 0.15) is 5.82 Å². The van der Waals surface area contributed by atoms with Crippen LogP contribution in [0.25, 0.3) is 11.1 Å². The fourth-order valence-electron chi connectivity index (χ4n) is 4.54. The third kappa shape index (κ3) is 11.2. The molecule has 0 saturated carbocycles. The van der Waals surface area contributed by atoms with Crippen LogP contribution >= 0.6 is 0 Å². The predicted octanol–water partition coefficient (Wildman–Crippen LogP) is 9.50. The smallest absolute Gasteiger partial charge is 0.123 e. The number of benzene rings is 2. The topological polar surface area (TPSA) is 63.0 Å². The number of hydrogen-bond acceptors (Lipinski definition) is 4. The van der Waals surface area contributed by atoms with Crippen LogP contribution in [0.1, 0.15) is 43.9 Å². The number of pyridine rings is 1. The third-order valence-electron chi connectivity index (χ3n) is 6.88. The zero-order valence-corrected chi connectivity index (χ0v) is 26.5. The first-order valence-corrected chi connectivity index (χ1v) is 14.4.